The van der Waals surface area contributed by atoms with E-state index in [1.54, 1.807) is 0 Å². The summed E-state index contributed by atoms with van der Waals surface area (Å²) in [6, 6.07) is 0. The Kier molecular flexibility index (Phi) is 51.5. The Morgan fingerprint density at radius 2 is 0.612 bits per heavy atom. The van der Waals surface area contributed by atoms with Crippen LogP contribution in [0.3, 0.4) is 0 Å². The van der Waals surface area contributed by atoms with Crippen LogP contribution in [0.1, 0.15) is 239 Å². The zero-order valence-electron chi connectivity index (χ0n) is 43.4. The van der Waals surface area contributed by atoms with Crippen molar-refractivity contribution in [1.29, 1.82) is 0 Å². The summed E-state index contributed by atoms with van der Waals surface area (Å²) in [6.07, 6.45) is 73.7. The minimum atomic E-state index is -0.816. The summed E-state index contributed by atoms with van der Waals surface area (Å²) in [5.74, 6) is -1.01. The Balaban J connectivity index is 4.52. The van der Waals surface area contributed by atoms with E-state index in [2.05, 4.69) is 124 Å². The van der Waals surface area contributed by atoms with Crippen molar-refractivity contribution in [1.82, 2.24) is 0 Å². The van der Waals surface area contributed by atoms with Gasteiger partial charge in [0.25, 0.3) is 0 Å². The molecule has 0 radical (unpaired) electrons. The zero-order valence-corrected chi connectivity index (χ0v) is 43.4. The van der Waals surface area contributed by atoms with E-state index < -0.39 is 6.10 Å². The second-order valence-corrected chi connectivity index (χ2v) is 17.7. The fraction of sp³-hybridized carbons (Fsp3) is 0.656. The van der Waals surface area contributed by atoms with E-state index in [1.165, 1.54) is 83.5 Å². The van der Waals surface area contributed by atoms with Crippen LogP contribution in [0, 0.1) is 0 Å². The first-order valence-electron chi connectivity index (χ1n) is 27.4. The monoisotopic (exact) mass is 929 g/mol. The Hall–Kier alpha value is -3.93. The van der Waals surface area contributed by atoms with Crippen molar-refractivity contribution in [3.05, 3.63) is 109 Å². The molecule has 0 aromatic carbocycles. The summed E-state index contributed by atoms with van der Waals surface area (Å²) in [7, 11) is 0. The van der Waals surface area contributed by atoms with Crippen LogP contribution in [-0.4, -0.2) is 37.2 Å². The van der Waals surface area contributed by atoms with Crippen LogP contribution in [0.15, 0.2) is 109 Å². The number of allylic oxidation sites excluding steroid dienone is 18. The molecule has 0 heterocycles. The van der Waals surface area contributed by atoms with Gasteiger partial charge in [-0.05, 0) is 89.9 Å². The molecule has 0 fully saturated rings. The number of unbranched alkanes of at least 4 members (excludes halogenated alkanes) is 19. The van der Waals surface area contributed by atoms with Crippen molar-refractivity contribution in [2.75, 3.05) is 13.2 Å². The van der Waals surface area contributed by atoms with E-state index in [9.17, 15) is 14.4 Å². The summed E-state index contributed by atoms with van der Waals surface area (Å²) in [5.41, 5.74) is 0. The zero-order chi connectivity index (χ0) is 48.6. The van der Waals surface area contributed by atoms with Crippen LogP contribution in [0.4, 0.5) is 0 Å². The first kappa shape index (κ1) is 63.1. The highest BCUT2D eigenvalue weighted by Crippen LogP contribution is 2.15. The minimum absolute atomic E-state index is 0.107. The lowest BCUT2D eigenvalue weighted by atomic mass is 10.0. The van der Waals surface area contributed by atoms with Gasteiger partial charge in [-0.2, -0.15) is 0 Å². The fourth-order valence-corrected chi connectivity index (χ4v) is 7.25. The van der Waals surface area contributed by atoms with Gasteiger partial charge in [0.1, 0.15) is 13.2 Å². The summed E-state index contributed by atoms with van der Waals surface area (Å²) < 4.78 is 16.8. The molecule has 0 aromatic heterocycles. The minimum Gasteiger partial charge on any atom is -0.462 e. The Morgan fingerprint density at radius 1 is 0.313 bits per heavy atom. The van der Waals surface area contributed by atoms with Crippen molar-refractivity contribution < 1.29 is 28.6 Å². The molecular weight excluding hydrogens is 829 g/mol. The molecule has 6 nitrogen and oxygen atoms in total. The number of ether oxygens (including phenoxy) is 3. The highest BCUT2D eigenvalue weighted by atomic mass is 16.6. The lowest BCUT2D eigenvalue weighted by Crippen LogP contribution is -2.30. The van der Waals surface area contributed by atoms with Gasteiger partial charge in [0.2, 0.25) is 0 Å². The molecule has 0 spiro atoms. The average Bonchev–Trinajstić information content (AvgIpc) is 3.33. The fourth-order valence-electron chi connectivity index (χ4n) is 7.25. The highest BCUT2D eigenvalue weighted by Gasteiger charge is 2.19. The van der Waals surface area contributed by atoms with E-state index in [-0.39, 0.29) is 37.5 Å². The maximum Gasteiger partial charge on any atom is 0.306 e. The molecule has 0 aromatic rings. The van der Waals surface area contributed by atoms with Gasteiger partial charge in [0.15, 0.2) is 6.10 Å². The van der Waals surface area contributed by atoms with Gasteiger partial charge in [-0.1, -0.05) is 239 Å². The maximum atomic E-state index is 12.8. The summed E-state index contributed by atoms with van der Waals surface area (Å²) in [5, 5.41) is 0. The number of carbonyl (C=O) groups excluding carboxylic acids is 3. The lowest BCUT2D eigenvalue weighted by Gasteiger charge is -2.18. The third-order valence-electron chi connectivity index (χ3n) is 11.3. The van der Waals surface area contributed by atoms with Gasteiger partial charge in [-0.15, -0.1) is 0 Å². The van der Waals surface area contributed by atoms with E-state index in [0.717, 1.165) is 109 Å². The van der Waals surface area contributed by atoms with E-state index in [1.807, 2.05) is 6.08 Å². The molecule has 0 aliphatic carbocycles. The largest absolute Gasteiger partial charge is 0.462 e. The van der Waals surface area contributed by atoms with Crippen LogP contribution in [0.25, 0.3) is 0 Å². The van der Waals surface area contributed by atoms with Crippen molar-refractivity contribution in [3.63, 3.8) is 0 Å². The molecule has 0 aliphatic heterocycles. The first-order valence-corrected chi connectivity index (χ1v) is 27.4. The maximum absolute atomic E-state index is 12.8. The molecule has 0 saturated heterocycles. The predicted octanol–water partition coefficient (Wildman–Crippen LogP) is 18.3. The van der Waals surface area contributed by atoms with Gasteiger partial charge in [-0.3, -0.25) is 14.4 Å². The Bertz CT molecular complexity index is 1390. The topological polar surface area (TPSA) is 78.9 Å². The van der Waals surface area contributed by atoms with Crippen LogP contribution in [0.2, 0.25) is 0 Å². The van der Waals surface area contributed by atoms with Crippen molar-refractivity contribution in [3.8, 4) is 0 Å². The lowest BCUT2D eigenvalue weighted by molar-refractivity contribution is -0.166. The Morgan fingerprint density at radius 3 is 1.00 bits per heavy atom. The third-order valence-corrected chi connectivity index (χ3v) is 11.3. The molecule has 67 heavy (non-hydrogen) atoms. The van der Waals surface area contributed by atoms with Crippen LogP contribution in [-0.2, 0) is 28.6 Å². The molecule has 0 N–H and O–H groups in total. The summed E-state index contributed by atoms with van der Waals surface area (Å²) in [6.45, 7) is 6.34. The second kappa shape index (κ2) is 54.7. The molecule has 0 rings (SSSR count). The molecule has 0 saturated carbocycles. The molecule has 380 valence electrons. The highest BCUT2D eigenvalue weighted by molar-refractivity contribution is 5.71. The smallest absolute Gasteiger partial charge is 0.306 e. The number of hydrogen-bond donors (Lipinski definition) is 0. The molecule has 0 bridgehead atoms. The van der Waals surface area contributed by atoms with Gasteiger partial charge in [0.05, 0.1) is 0 Å². The number of hydrogen-bond acceptors (Lipinski definition) is 6. The van der Waals surface area contributed by atoms with Gasteiger partial charge in [0, 0.05) is 19.3 Å². The standard InChI is InChI=1S/C61H100O6/c1-4-7-10-13-16-19-22-25-28-30-31-32-34-36-39-42-45-48-51-54-60(63)66-57-58(56-65-59(62)53-50-47-44-41-38-35-27-24-21-18-15-12-9-6-3)67-61(64)55-52-49-46-43-40-37-33-29-26-23-20-17-14-11-8-5-2/h7-8,10-11,16-17,19-20,25-26,28-29,31-32,36,39,45,48,58H,4-6,9,12-15,18,21-24,27,30,33-35,37-38,40-44,46-47,49-57H2,1-3H3/b10-7-,11-8-,19-16-,20-17-,28-25-,29-26-,32-31-,39-36-,48-45-. The molecule has 0 aliphatic rings. The van der Waals surface area contributed by atoms with E-state index >= 15 is 0 Å². The Labute approximate surface area is 412 Å². The van der Waals surface area contributed by atoms with Crippen molar-refractivity contribution in [2.24, 2.45) is 0 Å². The van der Waals surface area contributed by atoms with Crippen molar-refractivity contribution in [2.45, 2.75) is 245 Å². The van der Waals surface area contributed by atoms with Gasteiger partial charge in [-0.25, -0.2) is 0 Å². The van der Waals surface area contributed by atoms with Crippen LogP contribution >= 0.6 is 0 Å². The normalized spacial score (nSPS) is 12.9. The number of rotatable bonds is 48. The quantitative estimate of drug-likeness (QED) is 0.0262. The van der Waals surface area contributed by atoms with Crippen LogP contribution in [0.5, 0.6) is 0 Å². The SMILES string of the molecule is CC/C=C\C/C=C\C/C=C\C/C=C\C/C=C\C/C=C\CCC(=O)OCC(COC(=O)CCCCCCCCCCCCCCCC)OC(=O)CCCCCCCC/C=C\C/C=C\C/C=C\CC. The number of esters is 3. The number of carbonyl (C=O) groups is 3. The molecule has 1 unspecified atom stereocenters. The third kappa shape index (κ3) is 52.9. The molecule has 1 atom stereocenters. The molecular formula is C61H100O6. The summed E-state index contributed by atoms with van der Waals surface area (Å²) in [4.78, 5) is 38.1. The second-order valence-electron chi connectivity index (χ2n) is 17.7. The molecule has 0 amide bonds. The van der Waals surface area contributed by atoms with Crippen molar-refractivity contribution >= 4 is 17.9 Å². The van der Waals surface area contributed by atoms with Gasteiger partial charge >= 0.3 is 17.9 Å². The predicted molar refractivity (Wildman–Crippen MR) is 288 cm³/mol. The van der Waals surface area contributed by atoms with E-state index in [0.29, 0.717) is 19.3 Å². The molecule has 6 heteroatoms. The van der Waals surface area contributed by atoms with E-state index in [4.69, 9.17) is 14.2 Å². The average molecular weight is 929 g/mol. The van der Waals surface area contributed by atoms with Gasteiger partial charge < -0.3 is 14.2 Å². The summed E-state index contributed by atoms with van der Waals surface area (Å²) >= 11 is 0. The first-order chi connectivity index (χ1) is 33.0. The van der Waals surface area contributed by atoms with Crippen LogP contribution < -0.4 is 0 Å².